The molecule has 2 fully saturated rings. The molecule has 0 spiro atoms. The molecule has 116 valence electrons. The van der Waals surface area contributed by atoms with E-state index in [1.54, 1.807) is 6.07 Å². The van der Waals surface area contributed by atoms with Crippen LogP contribution in [0.4, 0.5) is 4.39 Å². The predicted octanol–water partition coefficient (Wildman–Crippen LogP) is 4.71. The van der Waals surface area contributed by atoms with Crippen LogP contribution < -0.4 is 4.74 Å². The standard InChI is InChI=1S/C18H25FO2/c1-13-2-7-16(8-3-13)21-12-15-6-9-17(10-18(15)19)20-11-14-4-5-14/h6,9-10,13-14,16H,2-5,7-8,11-12H2,1H3/t13-,16-. The minimum atomic E-state index is -0.215. The third-order valence-electron chi connectivity index (χ3n) is 4.64. The van der Waals surface area contributed by atoms with E-state index in [0.717, 1.165) is 25.4 Å². The monoisotopic (exact) mass is 292 g/mol. The molecule has 3 rings (SSSR count). The second kappa shape index (κ2) is 6.78. The number of rotatable bonds is 6. The van der Waals surface area contributed by atoms with Gasteiger partial charge in [-0.25, -0.2) is 4.39 Å². The zero-order valence-corrected chi connectivity index (χ0v) is 12.8. The van der Waals surface area contributed by atoms with Crippen LogP contribution in [0.3, 0.4) is 0 Å². The molecule has 0 aliphatic heterocycles. The highest BCUT2D eigenvalue weighted by Gasteiger charge is 2.22. The molecular formula is C18H25FO2. The average Bonchev–Trinajstić information content (AvgIpc) is 3.30. The van der Waals surface area contributed by atoms with Gasteiger partial charge in [-0.3, -0.25) is 0 Å². The van der Waals surface area contributed by atoms with Crippen LogP contribution in [0.5, 0.6) is 5.75 Å². The zero-order chi connectivity index (χ0) is 14.7. The van der Waals surface area contributed by atoms with Gasteiger partial charge >= 0.3 is 0 Å². The number of hydrogen-bond acceptors (Lipinski definition) is 2. The summed E-state index contributed by atoms with van der Waals surface area (Å²) >= 11 is 0. The average molecular weight is 292 g/mol. The van der Waals surface area contributed by atoms with Crippen molar-refractivity contribution in [1.29, 1.82) is 0 Å². The van der Waals surface area contributed by atoms with Gasteiger partial charge in [0.2, 0.25) is 0 Å². The van der Waals surface area contributed by atoms with E-state index in [2.05, 4.69) is 6.92 Å². The van der Waals surface area contributed by atoms with Crippen molar-refractivity contribution >= 4 is 0 Å². The van der Waals surface area contributed by atoms with Gasteiger partial charge in [0.1, 0.15) is 11.6 Å². The van der Waals surface area contributed by atoms with Gasteiger partial charge in [0, 0.05) is 11.6 Å². The topological polar surface area (TPSA) is 18.5 Å². The zero-order valence-electron chi connectivity index (χ0n) is 12.8. The fourth-order valence-corrected chi connectivity index (χ4v) is 2.84. The van der Waals surface area contributed by atoms with E-state index in [1.165, 1.54) is 31.7 Å². The number of halogens is 1. The second-order valence-corrected chi connectivity index (χ2v) is 6.70. The maximum Gasteiger partial charge on any atom is 0.132 e. The summed E-state index contributed by atoms with van der Waals surface area (Å²) in [5.74, 6) is 1.91. The lowest BCUT2D eigenvalue weighted by molar-refractivity contribution is 0.00757. The maximum atomic E-state index is 14.0. The lowest BCUT2D eigenvalue weighted by atomic mass is 9.89. The van der Waals surface area contributed by atoms with Gasteiger partial charge in [0.15, 0.2) is 0 Å². The van der Waals surface area contributed by atoms with Gasteiger partial charge in [0.25, 0.3) is 0 Å². The summed E-state index contributed by atoms with van der Waals surface area (Å²) in [6.45, 7) is 3.37. The lowest BCUT2D eigenvalue weighted by Gasteiger charge is -2.26. The summed E-state index contributed by atoms with van der Waals surface area (Å²) in [5, 5.41) is 0. The minimum absolute atomic E-state index is 0.215. The van der Waals surface area contributed by atoms with Gasteiger partial charge < -0.3 is 9.47 Å². The van der Waals surface area contributed by atoms with Crippen LogP contribution in [0.15, 0.2) is 18.2 Å². The van der Waals surface area contributed by atoms with E-state index in [-0.39, 0.29) is 5.82 Å². The molecule has 21 heavy (non-hydrogen) atoms. The quantitative estimate of drug-likeness (QED) is 0.756. The minimum Gasteiger partial charge on any atom is -0.493 e. The molecule has 0 N–H and O–H groups in total. The van der Waals surface area contributed by atoms with Crippen LogP contribution in [-0.4, -0.2) is 12.7 Å². The van der Waals surface area contributed by atoms with Crippen molar-refractivity contribution < 1.29 is 13.9 Å². The summed E-state index contributed by atoms with van der Waals surface area (Å²) < 4.78 is 25.5. The van der Waals surface area contributed by atoms with Crippen molar-refractivity contribution in [1.82, 2.24) is 0 Å². The van der Waals surface area contributed by atoms with E-state index >= 15 is 0 Å². The van der Waals surface area contributed by atoms with Crippen molar-refractivity contribution in [3.8, 4) is 5.75 Å². The molecular weight excluding hydrogens is 267 g/mol. The third kappa shape index (κ3) is 4.44. The first-order valence-electron chi connectivity index (χ1n) is 8.23. The van der Waals surface area contributed by atoms with Crippen LogP contribution in [0.2, 0.25) is 0 Å². The Morgan fingerprint density at radius 2 is 1.86 bits per heavy atom. The van der Waals surface area contributed by atoms with Gasteiger partial charge in [0.05, 0.1) is 19.3 Å². The summed E-state index contributed by atoms with van der Waals surface area (Å²) in [5.41, 5.74) is 0.632. The highest BCUT2D eigenvalue weighted by atomic mass is 19.1. The molecule has 1 aromatic carbocycles. The third-order valence-corrected chi connectivity index (χ3v) is 4.64. The number of benzene rings is 1. The van der Waals surface area contributed by atoms with Crippen LogP contribution in [0, 0.1) is 17.7 Å². The Hall–Kier alpha value is -1.09. The molecule has 0 radical (unpaired) electrons. The number of hydrogen-bond donors (Lipinski definition) is 0. The summed E-state index contributed by atoms with van der Waals surface area (Å²) in [7, 11) is 0. The summed E-state index contributed by atoms with van der Waals surface area (Å²) in [4.78, 5) is 0. The van der Waals surface area contributed by atoms with Gasteiger partial charge in [-0.1, -0.05) is 13.0 Å². The van der Waals surface area contributed by atoms with E-state index in [1.807, 2.05) is 6.07 Å². The van der Waals surface area contributed by atoms with Crippen LogP contribution in [0.25, 0.3) is 0 Å². The second-order valence-electron chi connectivity index (χ2n) is 6.70. The van der Waals surface area contributed by atoms with Crippen LogP contribution in [0.1, 0.15) is 51.0 Å². The molecule has 3 heteroatoms. The predicted molar refractivity (Wildman–Crippen MR) is 80.8 cm³/mol. The smallest absolute Gasteiger partial charge is 0.132 e. The Morgan fingerprint density at radius 3 is 2.52 bits per heavy atom. The van der Waals surface area contributed by atoms with E-state index < -0.39 is 0 Å². The molecule has 0 saturated heterocycles. The summed E-state index contributed by atoms with van der Waals surface area (Å²) in [6.07, 6.45) is 7.44. The van der Waals surface area contributed by atoms with E-state index in [0.29, 0.717) is 29.9 Å². The first-order valence-corrected chi connectivity index (χ1v) is 8.23. The molecule has 0 heterocycles. The molecule has 0 amide bonds. The molecule has 0 atom stereocenters. The Balaban J connectivity index is 1.48. The largest absolute Gasteiger partial charge is 0.493 e. The van der Waals surface area contributed by atoms with Crippen LogP contribution >= 0.6 is 0 Å². The molecule has 2 aliphatic rings. The maximum absolute atomic E-state index is 14.0. The normalized spacial score (nSPS) is 25.8. The van der Waals surface area contributed by atoms with E-state index in [9.17, 15) is 4.39 Å². The molecule has 1 aromatic rings. The lowest BCUT2D eigenvalue weighted by Crippen LogP contribution is -2.20. The van der Waals surface area contributed by atoms with Crippen molar-refractivity contribution in [3.05, 3.63) is 29.6 Å². The Labute approximate surface area is 126 Å². The van der Waals surface area contributed by atoms with Gasteiger partial charge in [-0.2, -0.15) is 0 Å². The fraction of sp³-hybridized carbons (Fsp3) is 0.667. The highest BCUT2D eigenvalue weighted by molar-refractivity contribution is 5.28. The number of ether oxygens (including phenoxy) is 2. The molecule has 2 nitrogen and oxygen atoms in total. The Kier molecular flexibility index (Phi) is 4.79. The first-order chi connectivity index (χ1) is 10.2. The van der Waals surface area contributed by atoms with Crippen molar-refractivity contribution in [2.75, 3.05) is 6.61 Å². The molecule has 2 saturated carbocycles. The Morgan fingerprint density at radius 1 is 1.10 bits per heavy atom. The highest BCUT2D eigenvalue weighted by Crippen LogP contribution is 2.30. The van der Waals surface area contributed by atoms with Gasteiger partial charge in [-0.05, 0) is 56.4 Å². The SMILES string of the molecule is C[C@H]1CC[C@H](OCc2ccc(OCC3CC3)cc2F)CC1. The molecule has 2 aliphatic carbocycles. The molecule has 0 unspecified atom stereocenters. The van der Waals surface area contributed by atoms with Crippen molar-refractivity contribution in [2.45, 2.75) is 58.2 Å². The first kappa shape index (κ1) is 14.8. The van der Waals surface area contributed by atoms with E-state index in [4.69, 9.17) is 9.47 Å². The molecule has 0 aromatic heterocycles. The van der Waals surface area contributed by atoms with Crippen molar-refractivity contribution in [2.24, 2.45) is 11.8 Å². The Bertz CT molecular complexity index is 462. The van der Waals surface area contributed by atoms with Crippen molar-refractivity contribution in [3.63, 3.8) is 0 Å². The van der Waals surface area contributed by atoms with Crippen LogP contribution in [-0.2, 0) is 11.3 Å². The fourth-order valence-electron chi connectivity index (χ4n) is 2.84. The summed E-state index contributed by atoms with van der Waals surface area (Å²) in [6, 6.07) is 5.14. The molecule has 0 bridgehead atoms. The van der Waals surface area contributed by atoms with Gasteiger partial charge in [-0.15, -0.1) is 0 Å².